The number of aromatic nitrogens is 4. The summed E-state index contributed by atoms with van der Waals surface area (Å²) in [4.78, 5) is 8.39. The topological polar surface area (TPSA) is 43.6 Å². The average Bonchev–Trinajstić information content (AvgIpc) is 2.88. The minimum Gasteiger partial charge on any atom is -0.235 e. The van der Waals surface area contributed by atoms with Crippen molar-refractivity contribution in [3.63, 3.8) is 0 Å². The molecule has 68 valence electrons. The molecule has 4 nitrogen and oxygen atoms in total. The maximum Gasteiger partial charge on any atom is 0.174 e. The number of hydrogen-bond acceptors (Lipinski definition) is 4. The predicted octanol–water partition coefficient (Wildman–Crippen LogP) is 1.88. The third-order valence-electron chi connectivity index (χ3n) is 1.95. The van der Waals surface area contributed by atoms with Crippen LogP contribution in [-0.2, 0) is 0 Å². The third-order valence-corrected chi connectivity index (χ3v) is 2.85. The van der Waals surface area contributed by atoms with Crippen molar-refractivity contribution in [3.05, 3.63) is 36.2 Å². The van der Waals surface area contributed by atoms with E-state index in [0.717, 1.165) is 16.0 Å². The van der Waals surface area contributed by atoms with E-state index >= 15 is 0 Å². The van der Waals surface area contributed by atoms with Gasteiger partial charge in [0.15, 0.2) is 5.82 Å². The second kappa shape index (κ2) is 2.88. The van der Waals surface area contributed by atoms with Gasteiger partial charge in [0.05, 0.1) is 10.2 Å². The van der Waals surface area contributed by atoms with Crippen molar-refractivity contribution in [2.24, 2.45) is 0 Å². The fourth-order valence-corrected chi connectivity index (χ4v) is 2.16. The Labute approximate surface area is 83.9 Å². The zero-order valence-corrected chi connectivity index (χ0v) is 7.98. The average molecular weight is 202 g/mol. The van der Waals surface area contributed by atoms with Crippen LogP contribution in [0.15, 0.2) is 36.2 Å². The van der Waals surface area contributed by atoms with Crippen LogP contribution in [0.2, 0.25) is 0 Å². The molecule has 5 heteroatoms. The van der Waals surface area contributed by atoms with Gasteiger partial charge in [0.2, 0.25) is 0 Å². The smallest absolute Gasteiger partial charge is 0.174 e. The monoisotopic (exact) mass is 202 g/mol. The van der Waals surface area contributed by atoms with Crippen LogP contribution in [0.1, 0.15) is 0 Å². The molecule has 0 aliphatic rings. The van der Waals surface area contributed by atoms with Gasteiger partial charge in [0, 0.05) is 12.4 Å². The Morgan fingerprint density at radius 1 is 1.29 bits per heavy atom. The van der Waals surface area contributed by atoms with Gasteiger partial charge in [-0.15, -0.1) is 11.3 Å². The van der Waals surface area contributed by atoms with E-state index in [1.165, 1.54) is 0 Å². The van der Waals surface area contributed by atoms with E-state index in [0.29, 0.717) is 0 Å². The first kappa shape index (κ1) is 7.64. The quantitative estimate of drug-likeness (QED) is 0.605. The molecule has 0 spiro atoms. The number of hydrogen-bond donors (Lipinski definition) is 0. The lowest BCUT2D eigenvalue weighted by Gasteiger charge is -1.99. The summed E-state index contributed by atoms with van der Waals surface area (Å²) >= 11 is 1.63. The molecule has 0 saturated carbocycles. The fourth-order valence-electron chi connectivity index (χ4n) is 1.33. The fraction of sp³-hybridized carbons (Fsp3) is 0. The molecule has 0 fully saturated rings. The maximum atomic E-state index is 4.22. The summed E-state index contributed by atoms with van der Waals surface area (Å²) in [5.41, 5.74) is 0.968. The Kier molecular flexibility index (Phi) is 1.57. The van der Waals surface area contributed by atoms with E-state index in [2.05, 4.69) is 15.1 Å². The molecule has 0 bridgehead atoms. The second-order valence-corrected chi connectivity index (χ2v) is 3.70. The van der Waals surface area contributed by atoms with E-state index in [4.69, 9.17) is 0 Å². The van der Waals surface area contributed by atoms with Gasteiger partial charge in [-0.2, -0.15) is 5.10 Å². The van der Waals surface area contributed by atoms with Crippen LogP contribution in [-0.4, -0.2) is 19.7 Å². The molecule has 3 rings (SSSR count). The minimum atomic E-state index is 0.843. The summed E-state index contributed by atoms with van der Waals surface area (Å²) < 4.78 is 2.82. The summed E-state index contributed by atoms with van der Waals surface area (Å²) in [6, 6.07) is 3.86. The Bertz CT molecular complexity index is 555. The van der Waals surface area contributed by atoms with Crippen LogP contribution in [0.4, 0.5) is 0 Å². The Balaban J connectivity index is 2.36. The molecule has 14 heavy (non-hydrogen) atoms. The highest BCUT2D eigenvalue weighted by Gasteiger charge is 2.05. The maximum absolute atomic E-state index is 4.22. The first-order valence-electron chi connectivity index (χ1n) is 4.13. The molecule has 3 aromatic heterocycles. The number of fused-ring (bicyclic) bond motifs is 1. The summed E-state index contributed by atoms with van der Waals surface area (Å²) in [5, 5.41) is 6.16. The van der Waals surface area contributed by atoms with Crippen molar-refractivity contribution in [2.75, 3.05) is 0 Å². The molecule has 0 amide bonds. The predicted molar refractivity (Wildman–Crippen MR) is 54.5 cm³/mol. The van der Waals surface area contributed by atoms with Crippen LogP contribution < -0.4 is 0 Å². The van der Waals surface area contributed by atoms with E-state index in [1.807, 2.05) is 23.7 Å². The highest BCUT2D eigenvalue weighted by atomic mass is 32.1. The van der Waals surface area contributed by atoms with Crippen molar-refractivity contribution >= 4 is 21.6 Å². The van der Waals surface area contributed by atoms with E-state index in [-0.39, 0.29) is 0 Å². The highest BCUT2D eigenvalue weighted by Crippen LogP contribution is 2.22. The number of thiophene rings is 1. The van der Waals surface area contributed by atoms with Crippen molar-refractivity contribution in [1.82, 2.24) is 19.7 Å². The first-order valence-corrected chi connectivity index (χ1v) is 5.01. The van der Waals surface area contributed by atoms with E-state index in [9.17, 15) is 0 Å². The van der Waals surface area contributed by atoms with Gasteiger partial charge in [-0.3, -0.25) is 0 Å². The molecule has 0 aliphatic heterocycles. The molecule has 0 radical (unpaired) electrons. The molecule has 3 aromatic rings. The zero-order valence-electron chi connectivity index (χ0n) is 7.16. The van der Waals surface area contributed by atoms with Crippen LogP contribution >= 0.6 is 11.3 Å². The number of rotatable bonds is 1. The highest BCUT2D eigenvalue weighted by molar-refractivity contribution is 7.17. The Morgan fingerprint density at radius 3 is 3.14 bits per heavy atom. The SMILES string of the molecule is c1cnn(-c2ncnc3ccsc23)c1. The molecule has 0 saturated heterocycles. The van der Waals surface area contributed by atoms with Gasteiger partial charge in [0.25, 0.3) is 0 Å². The largest absolute Gasteiger partial charge is 0.235 e. The van der Waals surface area contributed by atoms with Gasteiger partial charge in [-0.05, 0) is 17.5 Å². The number of nitrogens with zero attached hydrogens (tertiary/aromatic N) is 4. The van der Waals surface area contributed by atoms with Crippen LogP contribution in [0, 0.1) is 0 Å². The molecule has 0 atom stereocenters. The summed E-state index contributed by atoms with van der Waals surface area (Å²) in [5.74, 6) is 0.843. The Hall–Kier alpha value is -1.75. The molecular weight excluding hydrogens is 196 g/mol. The molecule has 3 heterocycles. The standard InChI is InChI=1S/C9H6N4S/c1-3-12-13(4-1)9-8-7(2-5-14-8)10-6-11-9/h1-6H. The van der Waals surface area contributed by atoms with Crippen LogP contribution in [0.3, 0.4) is 0 Å². The summed E-state index contributed by atoms with van der Waals surface area (Å²) in [6.45, 7) is 0. The second-order valence-electron chi connectivity index (χ2n) is 2.78. The molecule has 0 unspecified atom stereocenters. The Morgan fingerprint density at radius 2 is 2.29 bits per heavy atom. The van der Waals surface area contributed by atoms with Crippen LogP contribution in [0.25, 0.3) is 16.0 Å². The van der Waals surface area contributed by atoms with Crippen molar-refractivity contribution < 1.29 is 0 Å². The van der Waals surface area contributed by atoms with E-state index < -0.39 is 0 Å². The van der Waals surface area contributed by atoms with Gasteiger partial charge >= 0.3 is 0 Å². The lowest BCUT2D eigenvalue weighted by molar-refractivity contribution is 0.853. The normalized spacial score (nSPS) is 10.9. The first-order chi connectivity index (χ1) is 6.95. The van der Waals surface area contributed by atoms with Gasteiger partial charge in [-0.25, -0.2) is 14.6 Å². The van der Waals surface area contributed by atoms with Crippen LogP contribution in [0.5, 0.6) is 0 Å². The molecule has 0 N–H and O–H groups in total. The van der Waals surface area contributed by atoms with Gasteiger partial charge in [0.1, 0.15) is 6.33 Å². The van der Waals surface area contributed by atoms with Crippen molar-refractivity contribution in [1.29, 1.82) is 0 Å². The molecular formula is C9H6N4S. The minimum absolute atomic E-state index is 0.843. The zero-order chi connectivity index (χ0) is 9.38. The molecule has 0 aromatic carbocycles. The van der Waals surface area contributed by atoms with Crippen molar-refractivity contribution in [3.8, 4) is 5.82 Å². The third kappa shape index (κ3) is 1.03. The lowest BCUT2D eigenvalue weighted by atomic mass is 10.4. The summed E-state index contributed by atoms with van der Waals surface area (Å²) in [7, 11) is 0. The molecule has 0 aliphatic carbocycles. The van der Waals surface area contributed by atoms with Crippen molar-refractivity contribution in [2.45, 2.75) is 0 Å². The lowest BCUT2D eigenvalue weighted by Crippen LogP contribution is -1.97. The van der Waals surface area contributed by atoms with Gasteiger partial charge < -0.3 is 0 Å². The summed E-state index contributed by atoms with van der Waals surface area (Å²) in [6.07, 6.45) is 5.18. The van der Waals surface area contributed by atoms with E-state index in [1.54, 1.807) is 28.5 Å². The van der Waals surface area contributed by atoms with Gasteiger partial charge in [-0.1, -0.05) is 0 Å².